The van der Waals surface area contributed by atoms with E-state index in [-0.39, 0.29) is 0 Å². The molecule has 1 rings (SSSR count). The summed E-state index contributed by atoms with van der Waals surface area (Å²) in [5, 5.41) is 0. The number of aryl methyl sites for hydroxylation is 1. The minimum Gasteiger partial charge on any atom is -0.496 e. The molecule has 0 aliphatic rings. The van der Waals surface area contributed by atoms with E-state index in [2.05, 4.69) is 31.7 Å². The molecule has 1 aromatic rings. The zero-order chi connectivity index (χ0) is 13.0. The first-order chi connectivity index (χ1) is 8.01. The molecule has 0 saturated carbocycles. The molecule has 0 radical (unpaired) electrons. The number of likely N-dealkylation sites (N-methyl/N-ethyl adjacent to an activating group) is 1. The van der Waals surface area contributed by atoms with Crippen LogP contribution in [0.15, 0.2) is 6.07 Å². The van der Waals surface area contributed by atoms with Crippen molar-refractivity contribution in [3.63, 3.8) is 0 Å². The Kier molecular flexibility index (Phi) is 4.97. The van der Waals surface area contributed by atoms with Crippen LogP contribution in [0.2, 0.25) is 0 Å². The molecule has 0 saturated heterocycles. The summed E-state index contributed by atoms with van der Waals surface area (Å²) in [6.45, 7) is 8.02. The van der Waals surface area contributed by atoms with Gasteiger partial charge in [-0.2, -0.15) is 0 Å². The molecule has 1 aromatic carbocycles. The Hall–Kier alpha value is -1.06. The lowest BCUT2D eigenvalue weighted by Gasteiger charge is -2.19. The van der Waals surface area contributed by atoms with Gasteiger partial charge in [-0.25, -0.2) is 0 Å². The van der Waals surface area contributed by atoms with E-state index in [1.54, 1.807) is 7.11 Å². The zero-order valence-corrected chi connectivity index (χ0v) is 11.6. The van der Waals surface area contributed by atoms with E-state index in [1.807, 2.05) is 7.05 Å². The predicted molar refractivity (Wildman–Crippen MR) is 72.6 cm³/mol. The average molecular weight is 236 g/mol. The van der Waals surface area contributed by atoms with E-state index in [0.29, 0.717) is 6.67 Å². The third-order valence-corrected chi connectivity index (χ3v) is 3.48. The first-order valence-electron chi connectivity index (χ1n) is 6.03. The maximum atomic E-state index is 5.59. The van der Waals surface area contributed by atoms with Gasteiger partial charge >= 0.3 is 0 Å². The van der Waals surface area contributed by atoms with E-state index >= 15 is 0 Å². The standard InChI is InChI=1S/C14H24N2O/c1-10-8-14(17-5)12(3)11(2)13(10)6-7-16(4)9-15/h8H,6-7,9,15H2,1-5H3. The molecule has 3 nitrogen and oxygen atoms in total. The first kappa shape index (κ1) is 14.0. The Morgan fingerprint density at radius 2 is 1.88 bits per heavy atom. The summed E-state index contributed by atoms with van der Waals surface area (Å²) in [5.74, 6) is 0.982. The summed E-state index contributed by atoms with van der Waals surface area (Å²) in [5.41, 5.74) is 10.9. The van der Waals surface area contributed by atoms with Crippen LogP contribution in [0.4, 0.5) is 0 Å². The second-order valence-corrected chi connectivity index (χ2v) is 4.64. The summed E-state index contributed by atoms with van der Waals surface area (Å²) >= 11 is 0. The molecular weight excluding hydrogens is 212 g/mol. The molecule has 2 N–H and O–H groups in total. The zero-order valence-electron chi connectivity index (χ0n) is 11.6. The molecule has 0 aliphatic heterocycles. The van der Waals surface area contributed by atoms with Crippen LogP contribution < -0.4 is 10.5 Å². The van der Waals surface area contributed by atoms with Crippen LogP contribution in [0.5, 0.6) is 5.75 Å². The van der Waals surface area contributed by atoms with Crippen molar-refractivity contribution in [2.24, 2.45) is 5.73 Å². The van der Waals surface area contributed by atoms with Crippen LogP contribution in [0.3, 0.4) is 0 Å². The third kappa shape index (κ3) is 3.20. The van der Waals surface area contributed by atoms with Crippen LogP contribution >= 0.6 is 0 Å². The van der Waals surface area contributed by atoms with Gasteiger partial charge in [0.1, 0.15) is 5.75 Å². The van der Waals surface area contributed by atoms with E-state index in [0.717, 1.165) is 18.7 Å². The Morgan fingerprint density at radius 3 is 2.41 bits per heavy atom. The lowest BCUT2D eigenvalue weighted by atomic mass is 9.95. The maximum Gasteiger partial charge on any atom is 0.122 e. The summed E-state index contributed by atoms with van der Waals surface area (Å²) in [4.78, 5) is 2.12. The molecule has 17 heavy (non-hydrogen) atoms. The molecule has 0 spiro atoms. The molecule has 0 unspecified atom stereocenters. The molecule has 0 atom stereocenters. The van der Waals surface area contributed by atoms with Crippen LogP contribution in [0, 0.1) is 20.8 Å². The minimum absolute atomic E-state index is 0.604. The van der Waals surface area contributed by atoms with Gasteiger partial charge in [0.15, 0.2) is 0 Å². The monoisotopic (exact) mass is 236 g/mol. The molecule has 0 bridgehead atoms. The van der Waals surface area contributed by atoms with E-state index in [9.17, 15) is 0 Å². The Morgan fingerprint density at radius 1 is 1.24 bits per heavy atom. The normalized spacial score (nSPS) is 11.0. The average Bonchev–Trinajstić information content (AvgIpc) is 2.33. The molecular formula is C14H24N2O. The SMILES string of the molecule is COc1cc(C)c(CCN(C)CN)c(C)c1C. The fourth-order valence-corrected chi connectivity index (χ4v) is 2.09. The van der Waals surface area contributed by atoms with Gasteiger partial charge in [0.2, 0.25) is 0 Å². The Balaban J connectivity index is 2.96. The fraction of sp³-hybridized carbons (Fsp3) is 0.571. The highest BCUT2D eigenvalue weighted by Crippen LogP contribution is 2.27. The molecule has 0 aliphatic carbocycles. The van der Waals surface area contributed by atoms with Crippen LogP contribution in [-0.4, -0.2) is 32.3 Å². The van der Waals surface area contributed by atoms with E-state index in [4.69, 9.17) is 10.5 Å². The lowest BCUT2D eigenvalue weighted by molar-refractivity contribution is 0.348. The minimum atomic E-state index is 0.604. The summed E-state index contributed by atoms with van der Waals surface area (Å²) in [7, 11) is 3.77. The van der Waals surface area contributed by atoms with Gasteiger partial charge < -0.3 is 10.5 Å². The van der Waals surface area contributed by atoms with Crippen molar-refractivity contribution >= 4 is 0 Å². The van der Waals surface area contributed by atoms with Gasteiger partial charge in [-0.15, -0.1) is 0 Å². The van der Waals surface area contributed by atoms with Gasteiger partial charge in [-0.3, -0.25) is 4.90 Å². The Bertz CT molecular complexity index is 388. The predicted octanol–water partition coefficient (Wildman–Crippen LogP) is 2.01. The first-order valence-corrected chi connectivity index (χ1v) is 6.03. The number of hydrogen-bond donors (Lipinski definition) is 1. The fourth-order valence-electron chi connectivity index (χ4n) is 2.09. The third-order valence-electron chi connectivity index (χ3n) is 3.48. The lowest BCUT2D eigenvalue weighted by Crippen LogP contribution is -2.28. The number of nitrogens with zero attached hydrogens (tertiary/aromatic N) is 1. The number of ether oxygens (including phenoxy) is 1. The number of hydrogen-bond acceptors (Lipinski definition) is 3. The van der Waals surface area contributed by atoms with Crippen molar-refractivity contribution in [2.45, 2.75) is 27.2 Å². The smallest absolute Gasteiger partial charge is 0.122 e. The van der Waals surface area contributed by atoms with E-state index < -0.39 is 0 Å². The van der Waals surface area contributed by atoms with Gasteiger partial charge in [0.25, 0.3) is 0 Å². The topological polar surface area (TPSA) is 38.5 Å². The van der Waals surface area contributed by atoms with Crippen molar-refractivity contribution in [1.29, 1.82) is 0 Å². The molecule has 0 aromatic heterocycles. The molecule has 0 amide bonds. The van der Waals surface area contributed by atoms with E-state index in [1.165, 1.54) is 22.3 Å². The van der Waals surface area contributed by atoms with Crippen molar-refractivity contribution in [2.75, 3.05) is 27.4 Å². The molecule has 3 heteroatoms. The number of benzene rings is 1. The van der Waals surface area contributed by atoms with Crippen LogP contribution in [0.25, 0.3) is 0 Å². The highest BCUT2D eigenvalue weighted by molar-refractivity contribution is 5.48. The van der Waals surface area contributed by atoms with Crippen molar-refractivity contribution in [3.05, 3.63) is 28.3 Å². The van der Waals surface area contributed by atoms with Crippen LogP contribution in [0.1, 0.15) is 22.3 Å². The summed E-state index contributed by atoms with van der Waals surface area (Å²) in [6, 6.07) is 2.13. The largest absolute Gasteiger partial charge is 0.496 e. The molecule has 0 fully saturated rings. The number of methoxy groups -OCH3 is 1. The van der Waals surface area contributed by atoms with Gasteiger partial charge in [0.05, 0.1) is 7.11 Å². The maximum absolute atomic E-state index is 5.59. The second kappa shape index (κ2) is 6.03. The van der Waals surface area contributed by atoms with Gasteiger partial charge in [0, 0.05) is 13.2 Å². The van der Waals surface area contributed by atoms with Crippen molar-refractivity contribution in [3.8, 4) is 5.75 Å². The van der Waals surface area contributed by atoms with Gasteiger partial charge in [-0.1, -0.05) is 0 Å². The van der Waals surface area contributed by atoms with Crippen LogP contribution in [-0.2, 0) is 6.42 Å². The highest BCUT2D eigenvalue weighted by atomic mass is 16.5. The number of rotatable bonds is 5. The molecule has 0 heterocycles. The number of nitrogens with two attached hydrogens (primary N) is 1. The Labute approximate surface area is 105 Å². The van der Waals surface area contributed by atoms with Crippen molar-refractivity contribution < 1.29 is 4.74 Å². The summed E-state index contributed by atoms with van der Waals surface area (Å²) in [6.07, 6.45) is 1.04. The quantitative estimate of drug-likeness (QED) is 0.795. The second-order valence-electron chi connectivity index (χ2n) is 4.64. The van der Waals surface area contributed by atoms with Crippen molar-refractivity contribution in [1.82, 2.24) is 4.90 Å². The van der Waals surface area contributed by atoms with Gasteiger partial charge in [-0.05, 0) is 62.6 Å². The highest BCUT2D eigenvalue weighted by Gasteiger charge is 2.10. The molecule has 96 valence electrons. The summed E-state index contributed by atoms with van der Waals surface area (Å²) < 4.78 is 5.38.